The summed E-state index contributed by atoms with van der Waals surface area (Å²) in [6.45, 7) is 5.46. The molecule has 1 saturated heterocycles. The monoisotopic (exact) mass is 463 g/mol. The molecule has 1 fully saturated rings. The predicted molar refractivity (Wildman–Crippen MR) is 128 cm³/mol. The molecule has 3 aromatic heterocycles. The summed E-state index contributed by atoms with van der Waals surface area (Å²) in [7, 11) is 1.90. The Morgan fingerprint density at radius 3 is 2.55 bits per heavy atom. The molecule has 1 aromatic carbocycles. The van der Waals surface area contributed by atoms with Crippen LogP contribution < -0.4 is 10.2 Å². The molecule has 4 aromatic rings. The Labute approximate surface area is 197 Å². The molecule has 0 unspecified atom stereocenters. The maximum absolute atomic E-state index is 13.0. The van der Waals surface area contributed by atoms with Crippen LogP contribution in [0, 0.1) is 11.8 Å². The van der Waals surface area contributed by atoms with Crippen LogP contribution in [0.4, 0.5) is 5.82 Å². The van der Waals surface area contributed by atoms with Gasteiger partial charge in [-0.05, 0) is 29.7 Å². The molecule has 1 aliphatic heterocycles. The number of benzene rings is 1. The maximum atomic E-state index is 13.0. The number of anilines is 1. The summed E-state index contributed by atoms with van der Waals surface area (Å²) in [5.74, 6) is 1.08. The highest BCUT2D eigenvalue weighted by Gasteiger charge is 2.36. The summed E-state index contributed by atoms with van der Waals surface area (Å²) in [6.07, 6.45) is 7.33. The highest BCUT2D eigenvalue weighted by atomic mass is 35.5. The Kier molecular flexibility index (Phi) is 5.54. The van der Waals surface area contributed by atoms with Crippen molar-refractivity contribution < 1.29 is 4.79 Å². The number of aromatic nitrogens is 5. The second-order valence-corrected chi connectivity index (χ2v) is 9.37. The fourth-order valence-electron chi connectivity index (χ4n) is 4.28. The topological polar surface area (TPSA) is 80.3 Å². The first kappa shape index (κ1) is 21.5. The van der Waals surface area contributed by atoms with Crippen molar-refractivity contribution in [2.24, 2.45) is 18.9 Å². The Bertz CT molecular complexity index is 1290. The van der Waals surface area contributed by atoms with E-state index in [9.17, 15) is 4.79 Å². The summed E-state index contributed by atoms with van der Waals surface area (Å²) in [6, 6.07) is 9.69. The van der Waals surface area contributed by atoms with Crippen LogP contribution in [0.1, 0.15) is 25.5 Å². The molecule has 1 amide bonds. The molecule has 0 radical (unpaired) electrons. The number of hydrogen-bond donors (Lipinski definition) is 1. The van der Waals surface area contributed by atoms with E-state index >= 15 is 0 Å². The molecular weight excluding hydrogens is 438 g/mol. The first-order valence-electron chi connectivity index (χ1n) is 11.0. The summed E-state index contributed by atoms with van der Waals surface area (Å²) in [4.78, 5) is 19.6. The number of rotatable bonds is 6. The van der Waals surface area contributed by atoms with Crippen molar-refractivity contribution in [2.45, 2.75) is 19.9 Å². The third-order valence-corrected chi connectivity index (χ3v) is 6.42. The molecule has 5 rings (SSSR count). The molecule has 1 N–H and O–H groups in total. The van der Waals surface area contributed by atoms with Crippen LogP contribution >= 0.6 is 11.6 Å². The molecule has 33 heavy (non-hydrogen) atoms. The summed E-state index contributed by atoms with van der Waals surface area (Å²) in [5, 5.41) is 12.5. The molecule has 0 spiro atoms. The van der Waals surface area contributed by atoms with Crippen molar-refractivity contribution in [3.63, 3.8) is 0 Å². The van der Waals surface area contributed by atoms with Crippen molar-refractivity contribution in [1.29, 1.82) is 0 Å². The van der Waals surface area contributed by atoms with E-state index < -0.39 is 0 Å². The van der Waals surface area contributed by atoms with Gasteiger partial charge in [0.15, 0.2) is 5.82 Å². The van der Waals surface area contributed by atoms with Crippen molar-refractivity contribution in [2.75, 3.05) is 18.0 Å². The first-order valence-corrected chi connectivity index (χ1v) is 11.4. The van der Waals surface area contributed by atoms with Gasteiger partial charge in [0.1, 0.15) is 11.8 Å². The van der Waals surface area contributed by atoms with Crippen LogP contribution in [0.15, 0.2) is 55.2 Å². The molecule has 0 saturated carbocycles. The van der Waals surface area contributed by atoms with Gasteiger partial charge in [0.05, 0.1) is 18.2 Å². The molecule has 170 valence electrons. The Balaban J connectivity index is 1.29. The van der Waals surface area contributed by atoms with Crippen molar-refractivity contribution in [3.8, 4) is 11.1 Å². The predicted octanol–water partition coefficient (Wildman–Crippen LogP) is 3.73. The Morgan fingerprint density at radius 1 is 1.12 bits per heavy atom. The Hall–Kier alpha value is -3.39. The van der Waals surface area contributed by atoms with Gasteiger partial charge in [0.25, 0.3) is 0 Å². The quantitative estimate of drug-likeness (QED) is 0.471. The minimum Gasteiger partial charge on any atom is -0.353 e. The van der Waals surface area contributed by atoms with E-state index in [1.54, 1.807) is 11.0 Å². The van der Waals surface area contributed by atoms with Gasteiger partial charge < -0.3 is 10.2 Å². The van der Waals surface area contributed by atoms with Gasteiger partial charge in [-0.3, -0.25) is 9.48 Å². The molecule has 0 bridgehead atoms. The summed E-state index contributed by atoms with van der Waals surface area (Å²) in [5.41, 5.74) is 4.03. The van der Waals surface area contributed by atoms with Crippen molar-refractivity contribution in [3.05, 3.63) is 65.8 Å². The third kappa shape index (κ3) is 4.18. The molecular formula is C24H26ClN7O. The second-order valence-electron chi connectivity index (χ2n) is 8.93. The molecule has 0 aliphatic carbocycles. The smallest absolute Gasteiger partial charge is 0.227 e. The fourth-order valence-corrected chi connectivity index (χ4v) is 4.41. The number of halogens is 1. The SMILES string of the molecule is CC(C)[C@H](NC(=O)C1CN(c2ncnn3cc(-c4cnn(C)c4)cc23)C1)c1ccc(Cl)cc1. The van der Waals surface area contributed by atoms with E-state index in [-0.39, 0.29) is 23.8 Å². The van der Waals surface area contributed by atoms with Gasteiger partial charge in [-0.15, -0.1) is 0 Å². The average molecular weight is 464 g/mol. The number of aryl methyl sites for hydroxylation is 1. The van der Waals surface area contributed by atoms with E-state index in [0.29, 0.717) is 18.1 Å². The molecule has 1 aliphatic rings. The minimum atomic E-state index is -0.0821. The number of nitrogens with one attached hydrogen (secondary N) is 1. The van der Waals surface area contributed by atoms with Gasteiger partial charge in [0, 0.05) is 48.7 Å². The number of nitrogens with zero attached hydrogens (tertiary/aromatic N) is 6. The van der Waals surface area contributed by atoms with Crippen molar-refractivity contribution >= 4 is 28.8 Å². The lowest BCUT2D eigenvalue weighted by Gasteiger charge is -2.40. The molecule has 4 heterocycles. The zero-order chi connectivity index (χ0) is 23.1. The van der Waals surface area contributed by atoms with Gasteiger partial charge in [-0.1, -0.05) is 37.6 Å². The van der Waals surface area contributed by atoms with Crippen LogP contribution in [0.5, 0.6) is 0 Å². The second kappa shape index (κ2) is 8.51. The van der Waals surface area contributed by atoms with Crippen molar-refractivity contribution in [1.82, 2.24) is 29.7 Å². The van der Waals surface area contributed by atoms with Crippen LogP contribution in [-0.4, -0.2) is 43.4 Å². The molecule has 1 atom stereocenters. The van der Waals surface area contributed by atoms with Crippen LogP contribution in [0.3, 0.4) is 0 Å². The zero-order valence-corrected chi connectivity index (χ0v) is 19.6. The van der Waals surface area contributed by atoms with E-state index in [1.165, 1.54) is 0 Å². The Morgan fingerprint density at radius 2 is 1.88 bits per heavy atom. The normalized spacial score (nSPS) is 15.1. The molecule has 8 nitrogen and oxygen atoms in total. The van der Waals surface area contributed by atoms with Gasteiger partial charge in [-0.25, -0.2) is 9.50 Å². The average Bonchev–Trinajstić information content (AvgIpc) is 3.38. The van der Waals surface area contributed by atoms with Crippen LogP contribution in [0.25, 0.3) is 16.6 Å². The lowest BCUT2D eigenvalue weighted by atomic mass is 9.93. The third-order valence-electron chi connectivity index (χ3n) is 6.17. The first-order chi connectivity index (χ1) is 15.9. The number of fused-ring (bicyclic) bond motifs is 1. The summed E-state index contributed by atoms with van der Waals surface area (Å²) >= 11 is 6.03. The van der Waals surface area contributed by atoms with Gasteiger partial charge in [-0.2, -0.15) is 10.2 Å². The van der Waals surface area contributed by atoms with Gasteiger partial charge in [0.2, 0.25) is 5.91 Å². The number of carbonyl (C=O) groups is 1. The molecule has 9 heteroatoms. The van der Waals surface area contributed by atoms with E-state index in [0.717, 1.165) is 28.0 Å². The van der Waals surface area contributed by atoms with E-state index in [2.05, 4.69) is 45.3 Å². The summed E-state index contributed by atoms with van der Waals surface area (Å²) < 4.78 is 3.60. The standard InChI is InChI=1S/C24H26ClN7O/c1-15(2)22(16-4-6-20(25)7-5-16)29-24(33)19-11-31(12-19)23-21-8-17(13-32(21)28-14-26-23)18-9-27-30(3)10-18/h4-10,13-15,19,22H,11-12H2,1-3H3,(H,29,33)/t22-/m0/s1. The van der Waals surface area contributed by atoms with Crippen LogP contribution in [-0.2, 0) is 11.8 Å². The number of hydrogen-bond acceptors (Lipinski definition) is 5. The zero-order valence-electron chi connectivity index (χ0n) is 18.8. The van der Waals surface area contributed by atoms with E-state index in [1.807, 2.05) is 54.4 Å². The number of carbonyl (C=O) groups excluding carboxylic acids is 1. The maximum Gasteiger partial charge on any atom is 0.227 e. The minimum absolute atomic E-state index is 0.0535. The lowest BCUT2D eigenvalue weighted by Crippen LogP contribution is -2.54. The van der Waals surface area contributed by atoms with E-state index in [4.69, 9.17) is 11.6 Å². The fraction of sp³-hybridized carbons (Fsp3) is 0.333. The highest BCUT2D eigenvalue weighted by molar-refractivity contribution is 6.30. The van der Waals surface area contributed by atoms with Gasteiger partial charge >= 0.3 is 0 Å². The number of amides is 1. The lowest BCUT2D eigenvalue weighted by molar-refractivity contribution is -0.126. The largest absolute Gasteiger partial charge is 0.353 e. The van der Waals surface area contributed by atoms with Crippen LogP contribution in [0.2, 0.25) is 5.02 Å². The highest BCUT2D eigenvalue weighted by Crippen LogP contribution is 2.31.